The van der Waals surface area contributed by atoms with Crippen LogP contribution < -0.4 is 15.0 Å². The third-order valence-corrected chi connectivity index (χ3v) is 5.60. The summed E-state index contributed by atoms with van der Waals surface area (Å²) in [4.78, 5) is 26.6. The van der Waals surface area contributed by atoms with Crippen LogP contribution in [0.15, 0.2) is 53.5 Å². The third-order valence-electron chi connectivity index (χ3n) is 5.60. The van der Waals surface area contributed by atoms with E-state index in [0.717, 1.165) is 55.5 Å². The Bertz CT molecular complexity index is 1060. The molecule has 0 bridgehead atoms. The number of rotatable bonds is 7. The van der Waals surface area contributed by atoms with Gasteiger partial charge in [-0.2, -0.15) is 0 Å². The van der Waals surface area contributed by atoms with Gasteiger partial charge in [-0.15, -0.1) is 0 Å². The van der Waals surface area contributed by atoms with E-state index in [1.54, 1.807) is 13.3 Å². The number of nitrogens with zero attached hydrogens (tertiary/aromatic N) is 3. The van der Waals surface area contributed by atoms with E-state index in [1.807, 2.05) is 37.3 Å². The molecule has 1 aromatic carbocycles. The molecule has 0 saturated carbocycles. The molecule has 2 aromatic heterocycles. The summed E-state index contributed by atoms with van der Waals surface area (Å²) in [6, 6.07) is 13.3. The van der Waals surface area contributed by atoms with Crippen LogP contribution in [-0.2, 0) is 6.54 Å². The van der Waals surface area contributed by atoms with Crippen molar-refractivity contribution in [3.8, 4) is 22.9 Å². The van der Waals surface area contributed by atoms with Crippen molar-refractivity contribution >= 4 is 0 Å². The van der Waals surface area contributed by atoms with Crippen molar-refractivity contribution in [2.45, 2.75) is 32.2 Å². The van der Waals surface area contributed by atoms with Crippen LogP contribution in [0.1, 0.15) is 37.1 Å². The van der Waals surface area contributed by atoms with Crippen molar-refractivity contribution in [3.63, 3.8) is 0 Å². The predicted octanol–water partition coefficient (Wildman–Crippen LogP) is 3.62. The lowest BCUT2D eigenvalue weighted by Crippen LogP contribution is -2.33. The first-order chi connectivity index (χ1) is 15.2. The van der Waals surface area contributed by atoms with Crippen molar-refractivity contribution in [2.75, 3.05) is 26.8 Å². The lowest BCUT2D eigenvalue weighted by molar-refractivity contribution is 0.201. The number of methoxy groups -OCH3 is 1. The Morgan fingerprint density at radius 1 is 1.10 bits per heavy atom. The summed E-state index contributed by atoms with van der Waals surface area (Å²) in [6.45, 7) is 5.31. The largest absolute Gasteiger partial charge is 0.493 e. The van der Waals surface area contributed by atoms with Crippen molar-refractivity contribution < 1.29 is 9.47 Å². The molecule has 1 aliphatic rings. The minimum Gasteiger partial charge on any atom is -0.493 e. The highest BCUT2D eigenvalue weighted by atomic mass is 16.5. The zero-order chi connectivity index (χ0) is 21.6. The second kappa shape index (κ2) is 9.75. The summed E-state index contributed by atoms with van der Waals surface area (Å²) in [5, 5.41) is 0. The number of hydrogen-bond donors (Lipinski definition) is 1. The fourth-order valence-corrected chi connectivity index (χ4v) is 4.02. The number of piperidine rings is 1. The molecule has 1 fully saturated rings. The quantitative estimate of drug-likeness (QED) is 0.629. The maximum atomic E-state index is 12.2. The molecule has 0 atom stereocenters. The molecule has 3 heterocycles. The summed E-state index contributed by atoms with van der Waals surface area (Å²) < 4.78 is 11.1. The zero-order valence-corrected chi connectivity index (χ0v) is 18.0. The number of ether oxygens (including phenoxy) is 2. The fraction of sp³-hybridized carbons (Fsp3) is 0.375. The summed E-state index contributed by atoms with van der Waals surface area (Å²) in [6.07, 6.45) is 3.61. The molecule has 162 valence electrons. The Balaban J connectivity index is 1.41. The molecule has 0 aliphatic carbocycles. The van der Waals surface area contributed by atoms with Gasteiger partial charge >= 0.3 is 0 Å². The van der Waals surface area contributed by atoms with Crippen LogP contribution in [0.5, 0.6) is 11.5 Å². The van der Waals surface area contributed by atoms with Crippen molar-refractivity contribution in [1.82, 2.24) is 19.9 Å². The van der Waals surface area contributed by atoms with Gasteiger partial charge in [0.25, 0.3) is 5.56 Å². The number of hydrogen-bond acceptors (Lipinski definition) is 6. The van der Waals surface area contributed by atoms with Gasteiger partial charge in [-0.1, -0.05) is 12.1 Å². The minimum absolute atomic E-state index is 0.130. The van der Waals surface area contributed by atoms with E-state index < -0.39 is 0 Å². The van der Waals surface area contributed by atoms with Crippen LogP contribution in [0.25, 0.3) is 11.4 Å². The zero-order valence-electron chi connectivity index (χ0n) is 18.0. The number of H-pyrrole nitrogens is 1. The molecule has 7 nitrogen and oxygen atoms in total. The van der Waals surface area contributed by atoms with E-state index in [0.29, 0.717) is 12.3 Å². The van der Waals surface area contributed by atoms with Gasteiger partial charge in [-0.25, -0.2) is 4.98 Å². The van der Waals surface area contributed by atoms with Gasteiger partial charge in [-0.3, -0.25) is 14.7 Å². The summed E-state index contributed by atoms with van der Waals surface area (Å²) >= 11 is 0. The van der Waals surface area contributed by atoms with E-state index in [-0.39, 0.29) is 11.5 Å². The molecule has 3 aromatic rings. The number of benzene rings is 1. The lowest BCUT2D eigenvalue weighted by Gasteiger charge is -2.31. The molecule has 0 radical (unpaired) electrons. The standard InChI is InChI=1S/C24H28N4O3/c1-3-31-21-8-7-17(14-22(21)30-2)16-28-12-9-18(10-13-28)24-26-20(15-23(29)27-24)19-6-4-5-11-25-19/h4-8,11,14-15,18H,3,9-10,12-13,16H2,1-2H3,(H,26,27,29). The molecule has 7 heteroatoms. The van der Waals surface area contributed by atoms with Crippen LogP contribution in [0, 0.1) is 0 Å². The van der Waals surface area contributed by atoms with Gasteiger partial charge in [0.15, 0.2) is 11.5 Å². The molecule has 1 aliphatic heterocycles. The molecule has 0 spiro atoms. The van der Waals surface area contributed by atoms with Crippen molar-refractivity contribution in [2.24, 2.45) is 0 Å². The van der Waals surface area contributed by atoms with E-state index in [1.165, 1.54) is 11.6 Å². The van der Waals surface area contributed by atoms with E-state index in [9.17, 15) is 4.79 Å². The SMILES string of the molecule is CCOc1ccc(CN2CCC(c3nc(-c4ccccn4)cc(=O)[nH]3)CC2)cc1OC. The van der Waals surface area contributed by atoms with Gasteiger partial charge in [0.1, 0.15) is 5.82 Å². The second-order valence-electron chi connectivity index (χ2n) is 7.70. The Hall–Kier alpha value is -3.19. The van der Waals surface area contributed by atoms with Crippen molar-refractivity contribution in [3.05, 3.63) is 70.4 Å². The van der Waals surface area contributed by atoms with Crippen LogP contribution in [0.2, 0.25) is 0 Å². The molecule has 4 rings (SSSR count). The summed E-state index contributed by atoms with van der Waals surface area (Å²) in [5.74, 6) is 2.54. The average molecular weight is 421 g/mol. The van der Waals surface area contributed by atoms with Crippen LogP contribution in [0.3, 0.4) is 0 Å². The molecule has 0 unspecified atom stereocenters. The predicted molar refractivity (Wildman–Crippen MR) is 120 cm³/mol. The Morgan fingerprint density at radius 2 is 1.94 bits per heavy atom. The lowest BCUT2D eigenvalue weighted by atomic mass is 9.95. The van der Waals surface area contributed by atoms with Crippen LogP contribution in [-0.4, -0.2) is 46.7 Å². The normalized spacial score (nSPS) is 15.0. The summed E-state index contributed by atoms with van der Waals surface area (Å²) in [5.41, 5.74) is 2.41. The number of pyridine rings is 1. The first-order valence-electron chi connectivity index (χ1n) is 10.7. The van der Waals surface area contributed by atoms with Gasteiger partial charge in [0.2, 0.25) is 0 Å². The average Bonchev–Trinajstić information content (AvgIpc) is 2.81. The van der Waals surface area contributed by atoms with Crippen LogP contribution in [0.4, 0.5) is 0 Å². The van der Waals surface area contributed by atoms with Crippen molar-refractivity contribution in [1.29, 1.82) is 0 Å². The van der Waals surface area contributed by atoms with Crippen LogP contribution >= 0.6 is 0 Å². The molecule has 1 N–H and O–H groups in total. The highest BCUT2D eigenvalue weighted by Crippen LogP contribution is 2.30. The molecule has 31 heavy (non-hydrogen) atoms. The Labute approximate surface area is 182 Å². The fourth-order valence-electron chi connectivity index (χ4n) is 4.02. The first-order valence-corrected chi connectivity index (χ1v) is 10.7. The third kappa shape index (κ3) is 5.11. The minimum atomic E-state index is -0.130. The topological polar surface area (TPSA) is 80.3 Å². The number of likely N-dealkylation sites (tertiary alicyclic amines) is 1. The van der Waals surface area contributed by atoms with E-state index in [2.05, 4.69) is 20.9 Å². The monoisotopic (exact) mass is 420 g/mol. The van der Waals surface area contributed by atoms with E-state index in [4.69, 9.17) is 14.5 Å². The smallest absolute Gasteiger partial charge is 0.251 e. The number of aromatic amines is 1. The molecular formula is C24H28N4O3. The second-order valence-corrected chi connectivity index (χ2v) is 7.70. The highest BCUT2D eigenvalue weighted by Gasteiger charge is 2.23. The maximum absolute atomic E-state index is 12.2. The van der Waals surface area contributed by atoms with E-state index >= 15 is 0 Å². The molecular weight excluding hydrogens is 392 g/mol. The van der Waals surface area contributed by atoms with Gasteiger partial charge in [0.05, 0.1) is 25.1 Å². The van der Waals surface area contributed by atoms with Gasteiger partial charge in [-0.05, 0) is 62.7 Å². The Morgan fingerprint density at radius 3 is 2.65 bits per heavy atom. The summed E-state index contributed by atoms with van der Waals surface area (Å²) in [7, 11) is 1.67. The Kier molecular flexibility index (Phi) is 6.62. The number of nitrogens with one attached hydrogen (secondary N) is 1. The molecule has 1 saturated heterocycles. The van der Waals surface area contributed by atoms with Gasteiger partial charge in [0, 0.05) is 24.7 Å². The first kappa shape index (κ1) is 21.1. The number of aromatic nitrogens is 3. The highest BCUT2D eigenvalue weighted by molar-refractivity contribution is 5.52. The van der Waals surface area contributed by atoms with Gasteiger partial charge < -0.3 is 14.5 Å². The maximum Gasteiger partial charge on any atom is 0.251 e. The molecule has 0 amide bonds.